The van der Waals surface area contributed by atoms with E-state index in [2.05, 4.69) is 6.07 Å². The van der Waals surface area contributed by atoms with Gasteiger partial charge in [0.05, 0.1) is 14.8 Å². The van der Waals surface area contributed by atoms with E-state index in [1.54, 1.807) is 30.3 Å². The Labute approximate surface area is 99.4 Å². The summed E-state index contributed by atoms with van der Waals surface area (Å²) < 4.78 is 24.3. The Morgan fingerprint density at radius 1 is 1.06 bits per heavy atom. The topological polar surface area (TPSA) is 34.1 Å². The molecule has 0 bridgehead atoms. The molecule has 0 N–H and O–H groups in total. The Hall–Kier alpha value is -1.32. The van der Waals surface area contributed by atoms with Gasteiger partial charge in [0.2, 0.25) is 9.84 Å². The summed E-state index contributed by atoms with van der Waals surface area (Å²) in [5.41, 5.74) is 0. The maximum Gasteiger partial charge on any atom is 0.208 e. The number of sulfone groups is 1. The molecule has 0 aromatic heterocycles. The second-order valence-corrected chi connectivity index (χ2v) is 5.50. The zero-order valence-corrected chi connectivity index (χ0v) is 9.79. The first-order chi connectivity index (χ1) is 7.62. The molecule has 2 aromatic carbocycles. The quantitative estimate of drug-likeness (QED) is 0.822. The van der Waals surface area contributed by atoms with Crippen molar-refractivity contribution in [3.8, 4) is 0 Å². The van der Waals surface area contributed by atoms with Crippen molar-refractivity contribution in [1.29, 1.82) is 0 Å². The molecule has 81 valence electrons. The lowest BCUT2D eigenvalue weighted by molar-refractivity contribution is 0.596. The van der Waals surface area contributed by atoms with Crippen LogP contribution in [0.25, 0.3) is 0 Å². The smallest absolute Gasteiger partial charge is 0.208 e. The zero-order chi connectivity index (χ0) is 11.6. The molecule has 2 nitrogen and oxygen atoms in total. The fourth-order valence-corrected chi connectivity index (χ4v) is 3.10. The van der Waals surface area contributed by atoms with Crippen LogP contribution in [-0.2, 0) is 9.84 Å². The summed E-state index contributed by atoms with van der Waals surface area (Å²) in [5, 5.41) is 0.186. The molecule has 0 spiro atoms. The number of benzene rings is 2. The molecule has 0 amide bonds. The van der Waals surface area contributed by atoms with Crippen LogP contribution < -0.4 is 0 Å². The van der Waals surface area contributed by atoms with Gasteiger partial charge in [0.25, 0.3) is 0 Å². The number of hydrogen-bond acceptors (Lipinski definition) is 2. The first-order valence-corrected chi connectivity index (χ1v) is 6.44. The molecule has 4 heteroatoms. The molecule has 0 aliphatic carbocycles. The van der Waals surface area contributed by atoms with E-state index in [9.17, 15) is 8.42 Å². The highest BCUT2D eigenvalue weighted by molar-refractivity contribution is 7.91. The van der Waals surface area contributed by atoms with Gasteiger partial charge in [-0.1, -0.05) is 35.9 Å². The second-order valence-electron chi connectivity index (χ2n) is 3.17. The third-order valence-corrected chi connectivity index (χ3v) is 4.37. The van der Waals surface area contributed by atoms with Gasteiger partial charge in [0, 0.05) is 0 Å². The lowest BCUT2D eigenvalue weighted by atomic mass is 10.4. The SMILES string of the molecule is O=S(=O)(c1ccccc1)c1cc[c]cc1Cl. The molecular formula is C12H8ClO2S. The molecule has 0 aliphatic heterocycles. The lowest BCUT2D eigenvalue weighted by Gasteiger charge is -2.05. The van der Waals surface area contributed by atoms with E-state index in [0.717, 1.165) is 0 Å². The first-order valence-electron chi connectivity index (χ1n) is 4.58. The van der Waals surface area contributed by atoms with Gasteiger partial charge < -0.3 is 0 Å². The molecule has 0 aliphatic rings. The molecule has 0 saturated heterocycles. The molecule has 0 unspecified atom stereocenters. The maximum atomic E-state index is 12.2. The highest BCUT2D eigenvalue weighted by atomic mass is 35.5. The summed E-state index contributed by atoms with van der Waals surface area (Å²) in [6.07, 6.45) is 0. The predicted octanol–water partition coefficient (Wildman–Crippen LogP) is 2.97. The summed E-state index contributed by atoms with van der Waals surface area (Å²) in [6, 6.07) is 15.4. The minimum Gasteiger partial charge on any atom is -0.218 e. The second kappa shape index (κ2) is 4.28. The molecule has 0 heterocycles. The van der Waals surface area contributed by atoms with Crippen molar-refractivity contribution in [3.05, 3.63) is 59.6 Å². The molecular weight excluding hydrogens is 244 g/mol. The predicted molar refractivity (Wildman–Crippen MR) is 62.2 cm³/mol. The van der Waals surface area contributed by atoms with Crippen molar-refractivity contribution in [2.45, 2.75) is 9.79 Å². The van der Waals surface area contributed by atoms with E-state index in [1.807, 2.05) is 0 Å². The average Bonchev–Trinajstić information content (AvgIpc) is 2.30. The van der Waals surface area contributed by atoms with Crippen LogP contribution in [0.4, 0.5) is 0 Å². The van der Waals surface area contributed by atoms with Crippen molar-refractivity contribution in [3.63, 3.8) is 0 Å². The number of halogens is 1. The Bertz CT molecular complexity index is 591. The largest absolute Gasteiger partial charge is 0.218 e. The standard InChI is InChI=1S/C12H8ClO2S/c13-11-8-4-5-9-12(11)16(14,15)10-6-2-1-3-7-10/h1-3,5-9H. The van der Waals surface area contributed by atoms with E-state index in [1.165, 1.54) is 18.2 Å². The van der Waals surface area contributed by atoms with Crippen LogP contribution in [0, 0.1) is 6.07 Å². The third-order valence-electron chi connectivity index (χ3n) is 2.12. The lowest BCUT2D eigenvalue weighted by Crippen LogP contribution is -2.02. The molecule has 0 saturated carbocycles. The van der Waals surface area contributed by atoms with Crippen molar-refractivity contribution in [2.75, 3.05) is 0 Å². The summed E-state index contributed by atoms with van der Waals surface area (Å²) in [5.74, 6) is 0. The number of rotatable bonds is 2. The van der Waals surface area contributed by atoms with Crippen molar-refractivity contribution >= 4 is 21.4 Å². The minimum atomic E-state index is -3.52. The maximum absolute atomic E-state index is 12.2. The summed E-state index contributed by atoms with van der Waals surface area (Å²) in [7, 11) is -3.52. The van der Waals surface area contributed by atoms with E-state index in [-0.39, 0.29) is 14.8 Å². The van der Waals surface area contributed by atoms with Gasteiger partial charge in [-0.05, 0) is 30.3 Å². The van der Waals surface area contributed by atoms with E-state index >= 15 is 0 Å². The molecule has 16 heavy (non-hydrogen) atoms. The van der Waals surface area contributed by atoms with Gasteiger partial charge in [-0.3, -0.25) is 0 Å². The van der Waals surface area contributed by atoms with Crippen LogP contribution in [0.2, 0.25) is 5.02 Å². The Morgan fingerprint density at radius 2 is 1.75 bits per heavy atom. The van der Waals surface area contributed by atoms with Gasteiger partial charge in [0.15, 0.2) is 0 Å². The third kappa shape index (κ3) is 1.96. The van der Waals surface area contributed by atoms with Crippen LogP contribution in [0.1, 0.15) is 0 Å². The van der Waals surface area contributed by atoms with Gasteiger partial charge in [-0.25, -0.2) is 8.42 Å². The molecule has 2 rings (SSSR count). The Balaban J connectivity index is 2.62. The summed E-state index contributed by atoms with van der Waals surface area (Å²) in [6.45, 7) is 0. The van der Waals surface area contributed by atoms with Gasteiger partial charge in [0.1, 0.15) is 0 Å². The highest BCUT2D eigenvalue weighted by Gasteiger charge is 2.19. The molecule has 0 atom stereocenters. The van der Waals surface area contributed by atoms with Gasteiger partial charge >= 0.3 is 0 Å². The van der Waals surface area contributed by atoms with Crippen LogP contribution in [0.5, 0.6) is 0 Å². The zero-order valence-electron chi connectivity index (χ0n) is 8.22. The van der Waals surface area contributed by atoms with Gasteiger partial charge in [-0.2, -0.15) is 0 Å². The van der Waals surface area contributed by atoms with Crippen LogP contribution >= 0.6 is 11.6 Å². The highest BCUT2D eigenvalue weighted by Crippen LogP contribution is 2.26. The first kappa shape index (κ1) is 11.2. The van der Waals surface area contributed by atoms with E-state index in [0.29, 0.717) is 0 Å². The van der Waals surface area contributed by atoms with E-state index in [4.69, 9.17) is 11.6 Å². The van der Waals surface area contributed by atoms with Crippen molar-refractivity contribution < 1.29 is 8.42 Å². The van der Waals surface area contributed by atoms with Gasteiger partial charge in [-0.15, -0.1) is 0 Å². The van der Waals surface area contributed by atoms with Crippen molar-refractivity contribution in [2.24, 2.45) is 0 Å². The molecule has 0 fully saturated rings. The minimum absolute atomic E-state index is 0.110. The fourth-order valence-electron chi connectivity index (χ4n) is 1.34. The number of hydrogen-bond donors (Lipinski definition) is 0. The molecule has 2 aromatic rings. The Kier molecular flexibility index (Phi) is 2.99. The van der Waals surface area contributed by atoms with Crippen LogP contribution in [0.3, 0.4) is 0 Å². The average molecular weight is 252 g/mol. The summed E-state index contributed by atoms with van der Waals surface area (Å²) in [4.78, 5) is 0.349. The normalized spacial score (nSPS) is 11.3. The van der Waals surface area contributed by atoms with Crippen LogP contribution in [0.15, 0.2) is 58.3 Å². The van der Waals surface area contributed by atoms with E-state index < -0.39 is 9.84 Å². The Morgan fingerprint density at radius 3 is 2.38 bits per heavy atom. The fraction of sp³-hybridized carbons (Fsp3) is 0. The summed E-state index contributed by atoms with van der Waals surface area (Å²) >= 11 is 5.85. The van der Waals surface area contributed by atoms with Crippen LogP contribution in [-0.4, -0.2) is 8.42 Å². The van der Waals surface area contributed by atoms with Crippen molar-refractivity contribution in [1.82, 2.24) is 0 Å². The monoisotopic (exact) mass is 251 g/mol. The molecule has 1 radical (unpaired) electrons.